The summed E-state index contributed by atoms with van der Waals surface area (Å²) in [7, 11) is 0. The highest BCUT2D eigenvalue weighted by Crippen LogP contribution is 2.31. The van der Waals surface area contributed by atoms with E-state index in [0.29, 0.717) is 6.07 Å². The van der Waals surface area contributed by atoms with E-state index in [4.69, 9.17) is 10.00 Å². The summed E-state index contributed by atoms with van der Waals surface area (Å²) in [4.78, 5) is 10.5. The minimum atomic E-state index is -0.968. The van der Waals surface area contributed by atoms with E-state index in [2.05, 4.69) is 25.9 Å². The molecule has 0 aliphatic heterocycles. The third-order valence-corrected chi connectivity index (χ3v) is 3.31. The van der Waals surface area contributed by atoms with Crippen LogP contribution in [-0.4, -0.2) is 25.5 Å². The van der Waals surface area contributed by atoms with Crippen LogP contribution >= 0.6 is 0 Å². The summed E-state index contributed by atoms with van der Waals surface area (Å²) in [6, 6.07) is 8.09. The van der Waals surface area contributed by atoms with Crippen molar-refractivity contribution in [1.29, 1.82) is 5.26 Å². The van der Waals surface area contributed by atoms with E-state index in [0.717, 1.165) is 18.2 Å². The third kappa shape index (κ3) is 4.22. The van der Waals surface area contributed by atoms with Crippen LogP contribution in [0.4, 0.5) is 20.2 Å². The Morgan fingerprint density at radius 1 is 1.32 bits per heavy atom. The Morgan fingerprint density at radius 2 is 2.14 bits per heavy atom. The lowest BCUT2D eigenvalue weighted by molar-refractivity contribution is -0.384. The maximum atomic E-state index is 13.8. The van der Waals surface area contributed by atoms with Crippen LogP contribution in [0.2, 0.25) is 0 Å². The Kier molecular flexibility index (Phi) is 5.17. The van der Waals surface area contributed by atoms with Crippen LogP contribution < -0.4 is 10.1 Å². The van der Waals surface area contributed by atoms with Crippen molar-refractivity contribution >= 4 is 16.9 Å². The summed E-state index contributed by atoms with van der Waals surface area (Å²) in [5.41, 5.74) is -0.177. The minimum Gasteiger partial charge on any atom is -0.454 e. The number of nitrogens with zero attached hydrogens (tertiary/aromatic N) is 5. The number of aromatic amines is 1. The SMILES string of the molecule is N#CC(=CNc1cc(Oc2ccc(F)cc2F)cc([N+](=O)[O-])c1)c1nn[nH]n1. The molecular formula is C16H9F2N7O3. The molecule has 10 nitrogen and oxygen atoms in total. The highest BCUT2D eigenvalue weighted by molar-refractivity contribution is 5.74. The van der Waals surface area contributed by atoms with E-state index in [-0.39, 0.29) is 34.3 Å². The summed E-state index contributed by atoms with van der Waals surface area (Å²) >= 11 is 0. The van der Waals surface area contributed by atoms with Crippen molar-refractivity contribution in [3.63, 3.8) is 0 Å². The lowest BCUT2D eigenvalue weighted by Gasteiger charge is -2.09. The van der Waals surface area contributed by atoms with Gasteiger partial charge in [0, 0.05) is 30.1 Å². The third-order valence-electron chi connectivity index (χ3n) is 3.31. The van der Waals surface area contributed by atoms with E-state index in [9.17, 15) is 18.9 Å². The van der Waals surface area contributed by atoms with E-state index < -0.39 is 16.6 Å². The number of non-ortho nitro benzene ring substituents is 1. The van der Waals surface area contributed by atoms with Gasteiger partial charge in [0.1, 0.15) is 23.2 Å². The molecule has 2 aromatic carbocycles. The number of anilines is 1. The number of nitro groups is 1. The maximum absolute atomic E-state index is 13.8. The van der Waals surface area contributed by atoms with Gasteiger partial charge in [0.05, 0.1) is 11.0 Å². The lowest BCUT2D eigenvalue weighted by Crippen LogP contribution is -1.97. The number of allylic oxidation sites excluding steroid dienone is 1. The Morgan fingerprint density at radius 3 is 2.79 bits per heavy atom. The fraction of sp³-hybridized carbons (Fsp3) is 0. The lowest BCUT2D eigenvalue weighted by atomic mass is 10.2. The monoisotopic (exact) mass is 385 g/mol. The fourth-order valence-electron chi connectivity index (χ4n) is 2.09. The molecule has 0 spiro atoms. The summed E-state index contributed by atoms with van der Waals surface area (Å²) in [5, 5.41) is 35.8. The van der Waals surface area contributed by atoms with Crippen molar-refractivity contribution in [1.82, 2.24) is 20.6 Å². The number of benzene rings is 2. The number of nitro benzene ring substituents is 1. The van der Waals surface area contributed by atoms with Crippen molar-refractivity contribution in [3.05, 3.63) is 70.2 Å². The largest absolute Gasteiger partial charge is 0.454 e. The quantitative estimate of drug-likeness (QED) is 0.374. The Hall–Kier alpha value is -4.40. The van der Waals surface area contributed by atoms with Crippen LogP contribution in [0.15, 0.2) is 42.6 Å². The average molecular weight is 385 g/mol. The Bertz CT molecular complexity index is 1090. The zero-order chi connectivity index (χ0) is 20.1. The first-order valence-electron chi connectivity index (χ1n) is 7.49. The van der Waals surface area contributed by atoms with E-state index in [1.165, 1.54) is 18.3 Å². The molecule has 1 heterocycles. The van der Waals surface area contributed by atoms with Crippen LogP contribution in [0.1, 0.15) is 5.82 Å². The molecule has 0 aliphatic rings. The molecular weight excluding hydrogens is 376 g/mol. The van der Waals surface area contributed by atoms with Gasteiger partial charge in [-0.1, -0.05) is 0 Å². The highest BCUT2D eigenvalue weighted by Gasteiger charge is 2.14. The number of hydrogen-bond donors (Lipinski definition) is 2. The van der Waals surface area contributed by atoms with Crippen molar-refractivity contribution in [2.75, 3.05) is 5.32 Å². The number of ether oxygens (including phenoxy) is 1. The number of hydrogen-bond acceptors (Lipinski definition) is 8. The van der Waals surface area contributed by atoms with Crippen molar-refractivity contribution < 1.29 is 18.4 Å². The van der Waals surface area contributed by atoms with Crippen molar-refractivity contribution in [2.24, 2.45) is 0 Å². The van der Waals surface area contributed by atoms with Gasteiger partial charge in [0.25, 0.3) is 5.69 Å². The topological polar surface area (TPSA) is 143 Å². The minimum absolute atomic E-state index is 0.00676. The highest BCUT2D eigenvalue weighted by atomic mass is 19.1. The van der Waals surface area contributed by atoms with Gasteiger partial charge in [-0.15, -0.1) is 10.2 Å². The summed E-state index contributed by atoms with van der Waals surface area (Å²) in [5.74, 6) is -2.13. The maximum Gasteiger partial charge on any atom is 0.275 e. The molecule has 0 saturated heterocycles. The van der Waals surface area contributed by atoms with Crippen LogP contribution in [0.3, 0.4) is 0 Å². The van der Waals surface area contributed by atoms with E-state index in [1.807, 2.05) is 6.07 Å². The summed E-state index contributed by atoms with van der Waals surface area (Å²) in [6.07, 6.45) is 1.21. The second-order valence-electron chi connectivity index (χ2n) is 5.20. The molecule has 0 amide bonds. The molecule has 0 unspecified atom stereocenters. The Labute approximate surface area is 155 Å². The van der Waals surface area contributed by atoms with Crippen molar-refractivity contribution in [3.8, 4) is 17.6 Å². The Balaban J connectivity index is 1.91. The normalized spacial score (nSPS) is 11.0. The van der Waals surface area contributed by atoms with E-state index in [1.54, 1.807) is 0 Å². The van der Waals surface area contributed by atoms with Crippen LogP contribution in [0.25, 0.3) is 5.57 Å². The number of tetrazole rings is 1. The first kappa shape index (κ1) is 18.4. The molecule has 0 bridgehead atoms. The molecule has 0 aliphatic carbocycles. The molecule has 140 valence electrons. The summed E-state index contributed by atoms with van der Waals surface area (Å²) in [6.45, 7) is 0. The van der Waals surface area contributed by atoms with Crippen molar-refractivity contribution in [2.45, 2.75) is 0 Å². The number of nitrogens with one attached hydrogen (secondary N) is 2. The van der Waals surface area contributed by atoms with E-state index >= 15 is 0 Å². The molecule has 0 saturated carbocycles. The van der Waals surface area contributed by atoms with Gasteiger partial charge in [0.15, 0.2) is 11.6 Å². The zero-order valence-electron chi connectivity index (χ0n) is 13.8. The summed E-state index contributed by atoms with van der Waals surface area (Å²) < 4.78 is 32.1. The second-order valence-corrected chi connectivity index (χ2v) is 5.20. The number of nitriles is 1. The number of H-pyrrole nitrogens is 1. The predicted molar refractivity (Wildman–Crippen MR) is 90.9 cm³/mol. The molecule has 1 aromatic heterocycles. The molecule has 12 heteroatoms. The second kappa shape index (κ2) is 7.87. The number of rotatable bonds is 6. The van der Waals surface area contributed by atoms with Crippen LogP contribution in [0.5, 0.6) is 11.5 Å². The molecule has 3 aromatic rings. The average Bonchev–Trinajstić information content (AvgIpc) is 3.19. The number of aromatic nitrogens is 4. The molecule has 2 N–H and O–H groups in total. The van der Waals surface area contributed by atoms with Gasteiger partial charge in [-0.05, 0) is 17.3 Å². The van der Waals surface area contributed by atoms with Crippen LogP contribution in [-0.2, 0) is 0 Å². The van der Waals surface area contributed by atoms with Gasteiger partial charge in [-0.25, -0.2) is 8.78 Å². The smallest absolute Gasteiger partial charge is 0.275 e. The molecule has 0 fully saturated rings. The number of halogens is 2. The fourth-order valence-corrected chi connectivity index (χ4v) is 2.09. The van der Waals surface area contributed by atoms with Gasteiger partial charge in [0.2, 0.25) is 5.82 Å². The standard InChI is InChI=1S/C16H9F2N7O3/c17-10-1-2-15(14(18)3-10)28-13-5-11(4-12(6-13)25(26)27)20-8-9(7-19)16-21-23-24-22-16/h1-6,8,20H,(H,21,22,23,24). The first-order chi connectivity index (χ1) is 13.5. The van der Waals surface area contributed by atoms with Gasteiger partial charge < -0.3 is 10.1 Å². The predicted octanol–water partition coefficient (Wildman–Crippen LogP) is 3.15. The molecule has 28 heavy (non-hydrogen) atoms. The van der Waals surface area contributed by atoms with Gasteiger partial charge in [-0.3, -0.25) is 10.1 Å². The molecule has 3 rings (SSSR count). The van der Waals surface area contributed by atoms with Gasteiger partial charge in [-0.2, -0.15) is 10.5 Å². The molecule has 0 radical (unpaired) electrons. The van der Waals surface area contributed by atoms with Gasteiger partial charge >= 0.3 is 0 Å². The zero-order valence-corrected chi connectivity index (χ0v) is 13.8. The van der Waals surface area contributed by atoms with Crippen LogP contribution in [0, 0.1) is 33.1 Å². The molecule has 0 atom stereocenters. The first-order valence-corrected chi connectivity index (χ1v) is 7.49.